The summed E-state index contributed by atoms with van der Waals surface area (Å²) in [6.45, 7) is 6.64. The summed E-state index contributed by atoms with van der Waals surface area (Å²) in [5.41, 5.74) is 3.07. The van der Waals surface area contributed by atoms with E-state index >= 15 is 4.39 Å². The van der Waals surface area contributed by atoms with Gasteiger partial charge in [0.05, 0.1) is 21.5 Å². The predicted molar refractivity (Wildman–Crippen MR) is 126 cm³/mol. The number of anilines is 1. The fourth-order valence-electron chi connectivity index (χ4n) is 4.30. The van der Waals surface area contributed by atoms with Crippen LogP contribution in [0.5, 0.6) is 5.75 Å². The second-order valence-electron chi connectivity index (χ2n) is 9.06. The standard InChI is InChI=1S/C23H21Br2FN2OS/c1-23(2,3)10-20-27-11-19(30-20)22-28-16-5-4-13(24)6-12(16)7-17(28)21-15(26)8-14(25)9-18(21)29-22/h4-6,8-9,11,17,22H,7,10H2,1-3H3. The Morgan fingerprint density at radius 3 is 2.77 bits per heavy atom. The lowest BCUT2D eigenvalue weighted by Crippen LogP contribution is -2.37. The van der Waals surface area contributed by atoms with Crippen LogP contribution < -0.4 is 9.64 Å². The number of halogens is 3. The van der Waals surface area contributed by atoms with Crippen LogP contribution in [0.2, 0.25) is 0 Å². The molecule has 0 radical (unpaired) electrons. The molecule has 0 saturated carbocycles. The maximum absolute atomic E-state index is 15.0. The van der Waals surface area contributed by atoms with Crippen LogP contribution in [-0.2, 0) is 12.8 Å². The molecular weight excluding hydrogens is 531 g/mol. The lowest BCUT2D eigenvalue weighted by Gasteiger charge is -2.40. The Hall–Kier alpha value is -1.44. The number of thiazole rings is 1. The Bertz CT molecular complexity index is 1140. The van der Waals surface area contributed by atoms with Crippen molar-refractivity contribution >= 4 is 48.9 Å². The summed E-state index contributed by atoms with van der Waals surface area (Å²) in [5.74, 6) is 0.364. The van der Waals surface area contributed by atoms with Crippen molar-refractivity contribution < 1.29 is 9.13 Å². The lowest BCUT2D eigenvalue weighted by atomic mass is 9.93. The zero-order valence-electron chi connectivity index (χ0n) is 16.9. The van der Waals surface area contributed by atoms with Crippen LogP contribution in [-0.4, -0.2) is 4.98 Å². The van der Waals surface area contributed by atoms with Gasteiger partial charge in [0.25, 0.3) is 0 Å². The highest BCUT2D eigenvalue weighted by Gasteiger charge is 2.44. The maximum Gasteiger partial charge on any atom is 0.210 e. The van der Waals surface area contributed by atoms with Crippen LogP contribution in [0.15, 0.2) is 45.5 Å². The largest absolute Gasteiger partial charge is 0.465 e. The number of ether oxygens (including phenoxy) is 1. The third-order valence-corrected chi connectivity index (χ3v) is 7.43. The van der Waals surface area contributed by atoms with E-state index in [-0.39, 0.29) is 23.5 Å². The molecule has 0 bridgehead atoms. The Balaban J connectivity index is 1.62. The van der Waals surface area contributed by atoms with Crippen molar-refractivity contribution in [3.63, 3.8) is 0 Å². The SMILES string of the molecule is CC(C)(C)Cc1ncc(C2Oc3cc(Br)cc(F)c3C3Cc4cc(Br)ccc4N32)s1. The van der Waals surface area contributed by atoms with Crippen molar-refractivity contribution in [2.45, 2.75) is 45.9 Å². The molecule has 0 N–H and O–H groups in total. The minimum absolute atomic E-state index is 0.107. The average Bonchev–Trinajstić information content (AvgIpc) is 3.22. The Labute approximate surface area is 196 Å². The van der Waals surface area contributed by atoms with Gasteiger partial charge < -0.3 is 9.64 Å². The van der Waals surface area contributed by atoms with Crippen molar-refractivity contribution in [1.29, 1.82) is 0 Å². The summed E-state index contributed by atoms with van der Waals surface area (Å²) < 4.78 is 23.2. The van der Waals surface area contributed by atoms with E-state index in [4.69, 9.17) is 4.74 Å². The second kappa shape index (κ2) is 7.31. The van der Waals surface area contributed by atoms with Gasteiger partial charge in [0.1, 0.15) is 11.6 Å². The number of hydrogen-bond donors (Lipinski definition) is 0. The fraction of sp³-hybridized carbons (Fsp3) is 0.348. The zero-order chi connectivity index (χ0) is 21.2. The molecule has 3 heterocycles. The number of rotatable bonds is 2. The normalized spacial score (nSPS) is 19.9. The summed E-state index contributed by atoms with van der Waals surface area (Å²) in [6, 6.07) is 9.54. The van der Waals surface area contributed by atoms with Gasteiger partial charge in [0.2, 0.25) is 6.23 Å². The van der Waals surface area contributed by atoms with Crippen molar-refractivity contribution in [1.82, 2.24) is 4.98 Å². The third kappa shape index (κ3) is 3.59. The van der Waals surface area contributed by atoms with Crippen molar-refractivity contribution in [3.05, 3.63) is 72.3 Å². The van der Waals surface area contributed by atoms with Gasteiger partial charge in [-0.25, -0.2) is 9.37 Å². The van der Waals surface area contributed by atoms with Crippen molar-refractivity contribution in [3.8, 4) is 5.75 Å². The van der Waals surface area contributed by atoms with Crippen LogP contribution in [0, 0.1) is 11.2 Å². The molecule has 2 aliphatic rings. The van der Waals surface area contributed by atoms with Gasteiger partial charge in [-0.2, -0.15) is 0 Å². The highest BCUT2D eigenvalue weighted by atomic mass is 79.9. The molecule has 156 valence electrons. The quantitative estimate of drug-likeness (QED) is 0.328. The van der Waals surface area contributed by atoms with E-state index in [1.54, 1.807) is 11.3 Å². The summed E-state index contributed by atoms with van der Waals surface area (Å²) >= 11 is 8.67. The van der Waals surface area contributed by atoms with Crippen LogP contribution in [0.3, 0.4) is 0 Å². The molecule has 3 nitrogen and oxygen atoms in total. The van der Waals surface area contributed by atoms with Crippen molar-refractivity contribution in [2.75, 3.05) is 4.90 Å². The molecule has 2 aromatic carbocycles. The van der Waals surface area contributed by atoms with Crippen LogP contribution >= 0.6 is 43.2 Å². The molecule has 5 rings (SSSR count). The van der Waals surface area contributed by atoms with E-state index in [0.717, 1.165) is 32.9 Å². The lowest BCUT2D eigenvalue weighted by molar-refractivity contribution is 0.167. The average molecular weight is 552 g/mol. The molecule has 0 spiro atoms. The maximum atomic E-state index is 15.0. The Morgan fingerprint density at radius 1 is 1.20 bits per heavy atom. The molecule has 2 atom stereocenters. The molecule has 0 aliphatic carbocycles. The van der Waals surface area contributed by atoms with E-state index in [1.165, 1.54) is 11.6 Å². The topological polar surface area (TPSA) is 25.4 Å². The highest BCUT2D eigenvalue weighted by Crippen LogP contribution is 2.53. The zero-order valence-corrected chi connectivity index (χ0v) is 20.9. The molecule has 2 unspecified atom stereocenters. The van der Waals surface area contributed by atoms with E-state index < -0.39 is 0 Å². The van der Waals surface area contributed by atoms with Crippen molar-refractivity contribution in [2.24, 2.45) is 5.41 Å². The number of aromatic nitrogens is 1. The molecular formula is C23H21Br2FN2OS. The monoisotopic (exact) mass is 550 g/mol. The van der Waals surface area contributed by atoms with Gasteiger partial charge >= 0.3 is 0 Å². The first-order valence-electron chi connectivity index (χ1n) is 9.86. The van der Waals surface area contributed by atoms with E-state index in [2.05, 4.69) is 74.6 Å². The molecule has 3 aromatic rings. The van der Waals surface area contributed by atoms with E-state index in [1.807, 2.05) is 18.3 Å². The minimum atomic E-state index is -0.329. The number of hydrogen-bond acceptors (Lipinski definition) is 4. The van der Waals surface area contributed by atoms with Crippen LogP contribution in [0.25, 0.3) is 0 Å². The third-order valence-electron chi connectivity index (χ3n) is 5.45. The predicted octanol–water partition coefficient (Wildman–Crippen LogP) is 7.59. The first-order valence-corrected chi connectivity index (χ1v) is 12.3. The molecule has 0 fully saturated rings. The first-order chi connectivity index (χ1) is 14.2. The minimum Gasteiger partial charge on any atom is -0.465 e. The van der Waals surface area contributed by atoms with Crippen LogP contribution in [0.1, 0.15) is 54.1 Å². The fourth-order valence-corrected chi connectivity index (χ4v) is 6.37. The number of nitrogens with zero attached hydrogens (tertiary/aromatic N) is 2. The summed E-state index contributed by atoms with van der Waals surface area (Å²) in [5, 5.41) is 1.10. The van der Waals surface area contributed by atoms with Gasteiger partial charge in [-0.1, -0.05) is 52.6 Å². The molecule has 7 heteroatoms. The first kappa shape index (κ1) is 20.5. The van der Waals surface area contributed by atoms with Gasteiger partial charge in [-0.15, -0.1) is 11.3 Å². The van der Waals surface area contributed by atoms with Gasteiger partial charge in [0.15, 0.2) is 0 Å². The highest BCUT2D eigenvalue weighted by molar-refractivity contribution is 9.10. The Morgan fingerprint density at radius 2 is 2.00 bits per heavy atom. The van der Waals surface area contributed by atoms with E-state index in [9.17, 15) is 0 Å². The van der Waals surface area contributed by atoms with E-state index in [0.29, 0.717) is 15.8 Å². The summed E-state index contributed by atoms with van der Waals surface area (Å²) in [7, 11) is 0. The van der Waals surface area contributed by atoms with Crippen LogP contribution in [0.4, 0.5) is 10.1 Å². The number of benzene rings is 2. The molecule has 2 aliphatic heterocycles. The second-order valence-corrected chi connectivity index (χ2v) is 12.0. The smallest absolute Gasteiger partial charge is 0.210 e. The summed E-state index contributed by atoms with van der Waals surface area (Å²) in [6.07, 6.45) is 3.25. The molecule has 1 aromatic heterocycles. The summed E-state index contributed by atoms with van der Waals surface area (Å²) in [4.78, 5) is 7.93. The molecule has 0 saturated heterocycles. The molecule has 30 heavy (non-hydrogen) atoms. The van der Waals surface area contributed by atoms with Gasteiger partial charge in [-0.3, -0.25) is 0 Å². The Kier molecular flexibility index (Phi) is 4.99. The van der Waals surface area contributed by atoms with Gasteiger partial charge in [-0.05, 0) is 47.7 Å². The number of fused-ring (bicyclic) bond motifs is 5. The molecule has 0 amide bonds. The van der Waals surface area contributed by atoms with Gasteiger partial charge in [0, 0.05) is 27.3 Å².